The van der Waals surface area contributed by atoms with Gasteiger partial charge in [-0.15, -0.1) is 0 Å². The van der Waals surface area contributed by atoms with Crippen molar-refractivity contribution < 1.29 is 23.8 Å². The molecule has 6 heteroatoms. The summed E-state index contributed by atoms with van der Waals surface area (Å²) < 4.78 is 16.3. The molecule has 1 atom stereocenters. The Bertz CT molecular complexity index is 1000. The number of benzene rings is 3. The topological polar surface area (TPSA) is 73.9 Å². The van der Waals surface area contributed by atoms with Gasteiger partial charge in [-0.05, 0) is 37.3 Å². The summed E-state index contributed by atoms with van der Waals surface area (Å²) in [4.78, 5) is 25.2. The van der Waals surface area contributed by atoms with E-state index in [2.05, 4.69) is 5.32 Å². The van der Waals surface area contributed by atoms with Gasteiger partial charge in [-0.3, -0.25) is 4.79 Å². The van der Waals surface area contributed by atoms with E-state index in [0.717, 1.165) is 0 Å². The fraction of sp³-hybridized carbons (Fsp3) is 0.167. The van der Waals surface area contributed by atoms with Crippen LogP contribution in [0.25, 0.3) is 0 Å². The van der Waals surface area contributed by atoms with Crippen LogP contribution in [-0.4, -0.2) is 25.1 Å². The minimum atomic E-state index is -0.995. The summed E-state index contributed by atoms with van der Waals surface area (Å²) in [5, 5.41) is 2.71. The Hall–Kier alpha value is -3.80. The van der Waals surface area contributed by atoms with Crippen molar-refractivity contribution in [3.8, 4) is 11.5 Å². The predicted molar refractivity (Wildman–Crippen MR) is 114 cm³/mol. The third kappa shape index (κ3) is 5.38. The highest BCUT2D eigenvalue weighted by molar-refractivity contribution is 5.98. The van der Waals surface area contributed by atoms with Crippen LogP contribution in [0.4, 0.5) is 5.69 Å². The number of para-hydroxylation sites is 3. The molecule has 0 radical (unpaired) electrons. The summed E-state index contributed by atoms with van der Waals surface area (Å²) in [6.45, 7) is 1.73. The maximum absolute atomic E-state index is 12.7. The molecule has 0 bridgehead atoms. The average Bonchev–Trinajstić information content (AvgIpc) is 2.78. The molecule has 1 amide bonds. The number of ether oxygens (including phenoxy) is 3. The van der Waals surface area contributed by atoms with Crippen LogP contribution in [0.5, 0.6) is 11.5 Å². The Balaban J connectivity index is 1.64. The third-order valence-electron chi connectivity index (χ3n) is 4.39. The van der Waals surface area contributed by atoms with E-state index < -0.39 is 18.0 Å². The van der Waals surface area contributed by atoms with E-state index in [4.69, 9.17) is 14.2 Å². The molecule has 0 aromatic heterocycles. The molecule has 0 aliphatic heterocycles. The lowest BCUT2D eigenvalue weighted by Crippen LogP contribution is -2.30. The molecule has 154 valence electrons. The highest BCUT2D eigenvalue weighted by Crippen LogP contribution is 2.23. The lowest BCUT2D eigenvalue weighted by Gasteiger charge is -2.16. The molecule has 0 aliphatic carbocycles. The fourth-order valence-electron chi connectivity index (χ4n) is 2.78. The van der Waals surface area contributed by atoms with Crippen LogP contribution >= 0.6 is 0 Å². The van der Waals surface area contributed by atoms with Crippen LogP contribution in [0, 0.1) is 0 Å². The standard InChI is InChI=1S/C24H23NO5/c1-17(23(26)25-21-14-8-9-15-22(21)28-2)30-24(27)20-13-7-6-10-18(20)16-29-19-11-4-3-5-12-19/h3-15,17H,16H2,1-2H3,(H,25,26)/t17-/m0/s1. The molecule has 3 aromatic carbocycles. The maximum Gasteiger partial charge on any atom is 0.339 e. The number of methoxy groups -OCH3 is 1. The normalized spacial score (nSPS) is 11.3. The van der Waals surface area contributed by atoms with Crippen LogP contribution < -0.4 is 14.8 Å². The number of anilines is 1. The van der Waals surface area contributed by atoms with Crippen LogP contribution in [0.2, 0.25) is 0 Å². The number of carbonyl (C=O) groups is 2. The largest absolute Gasteiger partial charge is 0.495 e. The van der Waals surface area contributed by atoms with Crippen molar-refractivity contribution >= 4 is 17.6 Å². The van der Waals surface area contributed by atoms with Crippen molar-refractivity contribution in [2.24, 2.45) is 0 Å². The van der Waals surface area contributed by atoms with Crippen molar-refractivity contribution in [1.82, 2.24) is 0 Å². The molecule has 0 unspecified atom stereocenters. The van der Waals surface area contributed by atoms with E-state index in [9.17, 15) is 9.59 Å². The summed E-state index contributed by atoms with van der Waals surface area (Å²) >= 11 is 0. The quantitative estimate of drug-likeness (QED) is 0.560. The lowest BCUT2D eigenvalue weighted by atomic mass is 10.1. The second-order valence-corrected chi connectivity index (χ2v) is 6.50. The van der Waals surface area contributed by atoms with E-state index >= 15 is 0 Å². The first-order valence-electron chi connectivity index (χ1n) is 9.49. The van der Waals surface area contributed by atoms with E-state index in [0.29, 0.717) is 28.3 Å². The van der Waals surface area contributed by atoms with Gasteiger partial charge in [0, 0.05) is 5.56 Å². The van der Waals surface area contributed by atoms with Gasteiger partial charge in [0.1, 0.15) is 18.1 Å². The highest BCUT2D eigenvalue weighted by atomic mass is 16.5. The monoisotopic (exact) mass is 405 g/mol. The second-order valence-electron chi connectivity index (χ2n) is 6.50. The van der Waals surface area contributed by atoms with Gasteiger partial charge < -0.3 is 19.5 Å². The second kappa shape index (κ2) is 10.1. The average molecular weight is 405 g/mol. The zero-order valence-electron chi connectivity index (χ0n) is 16.8. The minimum Gasteiger partial charge on any atom is -0.495 e. The Kier molecular flexibility index (Phi) is 7.05. The molecule has 0 heterocycles. The molecule has 0 spiro atoms. The third-order valence-corrected chi connectivity index (χ3v) is 4.39. The van der Waals surface area contributed by atoms with Crippen molar-refractivity contribution in [2.45, 2.75) is 19.6 Å². The Labute approximate surface area is 175 Å². The lowest BCUT2D eigenvalue weighted by molar-refractivity contribution is -0.123. The number of hydrogen-bond acceptors (Lipinski definition) is 5. The van der Waals surface area contributed by atoms with Gasteiger partial charge in [-0.25, -0.2) is 4.79 Å². The van der Waals surface area contributed by atoms with Gasteiger partial charge in [-0.1, -0.05) is 48.5 Å². The number of hydrogen-bond donors (Lipinski definition) is 1. The number of carbonyl (C=O) groups excluding carboxylic acids is 2. The van der Waals surface area contributed by atoms with Gasteiger partial charge in [0.25, 0.3) is 5.91 Å². The molecule has 30 heavy (non-hydrogen) atoms. The van der Waals surface area contributed by atoms with Crippen molar-refractivity contribution in [2.75, 3.05) is 12.4 Å². The minimum absolute atomic E-state index is 0.205. The van der Waals surface area contributed by atoms with Gasteiger partial charge in [0.2, 0.25) is 0 Å². The molecule has 3 aromatic rings. The van der Waals surface area contributed by atoms with Gasteiger partial charge in [0.05, 0.1) is 18.4 Å². The van der Waals surface area contributed by atoms with Crippen LogP contribution in [0.3, 0.4) is 0 Å². The number of esters is 1. The maximum atomic E-state index is 12.7. The molecule has 6 nitrogen and oxygen atoms in total. The number of amides is 1. The smallest absolute Gasteiger partial charge is 0.339 e. The molecule has 1 N–H and O–H groups in total. The zero-order chi connectivity index (χ0) is 21.3. The van der Waals surface area contributed by atoms with Crippen LogP contribution in [-0.2, 0) is 16.1 Å². The van der Waals surface area contributed by atoms with Crippen molar-refractivity contribution in [1.29, 1.82) is 0 Å². The van der Waals surface area contributed by atoms with E-state index in [-0.39, 0.29) is 6.61 Å². The molecule has 0 saturated carbocycles. The van der Waals surface area contributed by atoms with Gasteiger partial charge in [-0.2, -0.15) is 0 Å². The summed E-state index contributed by atoms with van der Waals surface area (Å²) in [6.07, 6.45) is -0.995. The highest BCUT2D eigenvalue weighted by Gasteiger charge is 2.21. The van der Waals surface area contributed by atoms with Crippen molar-refractivity contribution in [3.63, 3.8) is 0 Å². The first-order chi connectivity index (χ1) is 14.6. The summed E-state index contributed by atoms with van der Waals surface area (Å²) in [7, 11) is 1.52. The van der Waals surface area contributed by atoms with Crippen molar-refractivity contribution in [3.05, 3.63) is 90.0 Å². The Morgan fingerprint density at radius 3 is 2.33 bits per heavy atom. The summed E-state index contributed by atoms with van der Waals surface area (Å²) in [5.41, 5.74) is 1.53. The van der Waals surface area contributed by atoms with Gasteiger partial charge >= 0.3 is 5.97 Å². The fourth-order valence-corrected chi connectivity index (χ4v) is 2.78. The Morgan fingerprint density at radius 2 is 1.57 bits per heavy atom. The summed E-state index contributed by atoms with van der Waals surface area (Å²) in [6, 6.07) is 23.3. The predicted octanol–water partition coefficient (Wildman–Crippen LogP) is 4.46. The first kappa shape index (κ1) is 20.9. The van der Waals surface area contributed by atoms with Crippen LogP contribution in [0.15, 0.2) is 78.9 Å². The van der Waals surface area contributed by atoms with Crippen LogP contribution in [0.1, 0.15) is 22.8 Å². The number of nitrogens with one attached hydrogen (secondary N) is 1. The molecule has 0 fully saturated rings. The molecular weight excluding hydrogens is 382 g/mol. The zero-order valence-corrected chi connectivity index (χ0v) is 16.8. The van der Waals surface area contributed by atoms with E-state index in [1.165, 1.54) is 14.0 Å². The van der Waals surface area contributed by atoms with E-state index in [1.54, 1.807) is 42.5 Å². The summed E-state index contributed by atoms with van der Waals surface area (Å²) in [5.74, 6) is 0.175. The Morgan fingerprint density at radius 1 is 0.900 bits per heavy atom. The molecule has 0 aliphatic rings. The first-order valence-corrected chi connectivity index (χ1v) is 9.49. The number of rotatable bonds is 8. The van der Waals surface area contributed by atoms with E-state index in [1.807, 2.05) is 36.4 Å². The SMILES string of the molecule is COc1ccccc1NC(=O)[C@H](C)OC(=O)c1ccccc1COc1ccccc1. The molecule has 0 saturated heterocycles. The molecular formula is C24H23NO5. The van der Waals surface area contributed by atoms with Gasteiger partial charge in [0.15, 0.2) is 6.10 Å². The molecule has 3 rings (SSSR count).